The number of amides is 1. The van der Waals surface area contributed by atoms with Gasteiger partial charge in [-0.05, 0) is 6.92 Å². The maximum Gasteiger partial charge on any atom is 0.269 e. The Morgan fingerprint density at radius 1 is 1.62 bits per heavy atom. The van der Waals surface area contributed by atoms with Crippen LogP contribution in [0.4, 0.5) is 5.82 Å². The lowest BCUT2D eigenvalue weighted by molar-refractivity contribution is 0.0873. The minimum Gasteiger partial charge on any atom is -0.396 e. The first kappa shape index (κ1) is 14.3. The largest absolute Gasteiger partial charge is 0.396 e. The fraction of sp³-hybridized carbons (Fsp3) is 0.714. The molecule has 2 N–H and O–H groups in total. The van der Waals surface area contributed by atoms with Crippen molar-refractivity contribution < 1.29 is 14.6 Å². The molecule has 3 atom stereocenters. The van der Waals surface area contributed by atoms with Gasteiger partial charge >= 0.3 is 0 Å². The van der Waals surface area contributed by atoms with Gasteiger partial charge in [0.2, 0.25) is 0 Å². The fourth-order valence-electron chi connectivity index (χ4n) is 2.95. The molecular weight excluding hydrogens is 272 g/mol. The second kappa shape index (κ2) is 5.65. The number of nitrogens with one attached hydrogen (secondary N) is 1. The Hall–Kier alpha value is -1.60. The molecule has 3 rings (SSSR count). The van der Waals surface area contributed by atoms with E-state index in [1.54, 1.807) is 4.68 Å². The van der Waals surface area contributed by atoms with Crippen molar-refractivity contribution >= 4 is 11.7 Å². The van der Waals surface area contributed by atoms with E-state index in [-0.39, 0.29) is 30.5 Å². The van der Waals surface area contributed by atoms with Gasteiger partial charge in [-0.25, -0.2) is 0 Å². The van der Waals surface area contributed by atoms with Crippen LogP contribution in [0, 0.1) is 5.92 Å². The normalized spacial score (nSPS) is 27.2. The Bertz CT molecular complexity index is 530. The number of carbonyl (C=O) groups is 1. The molecule has 1 saturated heterocycles. The minimum atomic E-state index is -0.101. The number of aromatic nitrogens is 2. The average Bonchev–Trinajstić information content (AvgIpc) is 2.93. The molecule has 0 aliphatic carbocycles. The van der Waals surface area contributed by atoms with Gasteiger partial charge < -0.3 is 20.1 Å². The Morgan fingerprint density at radius 3 is 3.14 bits per heavy atom. The summed E-state index contributed by atoms with van der Waals surface area (Å²) in [5.41, 5.74) is 0.570. The van der Waals surface area contributed by atoms with E-state index >= 15 is 0 Å². The molecule has 0 radical (unpaired) electrons. The predicted molar refractivity (Wildman–Crippen MR) is 77.5 cm³/mol. The van der Waals surface area contributed by atoms with Crippen LogP contribution in [0.5, 0.6) is 0 Å². The lowest BCUT2D eigenvalue weighted by Crippen LogP contribution is -2.44. The van der Waals surface area contributed by atoms with Crippen molar-refractivity contribution in [1.29, 1.82) is 0 Å². The van der Waals surface area contributed by atoms with Gasteiger partial charge in [0.1, 0.15) is 5.69 Å². The van der Waals surface area contributed by atoms with Crippen LogP contribution < -0.4 is 10.2 Å². The molecule has 1 aromatic rings. The highest BCUT2D eigenvalue weighted by Gasteiger charge is 2.32. The summed E-state index contributed by atoms with van der Waals surface area (Å²) in [6, 6.07) is 2.08. The summed E-state index contributed by atoms with van der Waals surface area (Å²) in [5, 5.41) is 16.9. The molecule has 1 aromatic heterocycles. The van der Waals surface area contributed by atoms with E-state index in [0.29, 0.717) is 25.5 Å². The smallest absolute Gasteiger partial charge is 0.269 e. The molecule has 1 fully saturated rings. The maximum absolute atomic E-state index is 12.0. The van der Waals surface area contributed by atoms with E-state index < -0.39 is 0 Å². The number of aliphatic hydroxyl groups excluding tert-OH is 1. The molecule has 1 amide bonds. The number of morpholine rings is 1. The van der Waals surface area contributed by atoms with Crippen molar-refractivity contribution in [1.82, 2.24) is 15.1 Å². The molecule has 2 aliphatic heterocycles. The third-order valence-corrected chi connectivity index (χ3v) is 4.35. The Labute approximate surface area is 123 Å². The number of fused-ring (bicyclic) bond motifs is 1. The van der Waals surface area contributed by atoms with Crippen LogP contribution in [0.2, 0.25) is 0 Å². The van der Waals surface area contributed by atoms with Crippen molar-refractivity contribution in [2.24, 2.45) is 5.92 Å². The first-order valence-electron chi connectivity index (χ1n) is 7.44. The highest BCUT2D eigenvalue weighted by molar-refractivity contribution is 5.94. The highest BCUT2D eigenvalue weighted by atomic mass is 16.5. The number of ether oxygens (including phenoxy) is 1. The van der Waals surface area contributed by atoms with Gasteiger partial charge in [0.25, 0.3) is 5.91 Å². The van der Waals surface area contributed by atoms with Crippen LogP contribution in [0.25, 0.3) is 0 Å². The van der Waals surface area contributed by atoms with Crippen molar-refractivity contribution in [2.75, 3.05) is 37.8 Å². The van der Waals surface area contributed by atoms with Crippen molar-refractivity contribution in [3.63, 3.8) is 0 Å². The molecule has 7 nitrogen and oxygen atoms in total. The summed E-state index contributed by atoms with van der Waals surface area (Å²) >= 11 is 0. The standard InChI is InChI=1S/C14H22N4O3/c1-9(7-19)12-6-15-14(20)11-5-13(16-18(11)12)17-3-4-21-8-10(17)2/h5,9-10,12,19H,3-4,6-8H2,1-2H3,(H,15,20)/t9-,10+,12?/m0/s1. The SMILES string of the molecule is C[C@@H]1COCCN1c1cc2n(n1)C([C@@H](C)CO)CNC2=O. The van der Waals surface area contributed by atoms with Gasteiger partial charge in [0.15, 0.2) is 5.82 Å². The van der Waals surface area contributed by atoms with Gasteiger partial charge in [0.05, 0.1) is 25.3 Å². The van der Waals surface area contributed by atoms with Crippen molar-refractivity contribution in [3.8, 4) is 0 Å². The summed E-state index contributed by atoms with van der Waals surface area (Å²) < 4.78 is 7.22. The Kier molecular flexibility index (Phi) is 3.86. The molecular formula is C14H22N4O3. The van der Waals surface area contributed by atoms with Crippen molar-refractivity contribution in [3.05, 3.63) is 11.8 Å². The summed E-state index contributed by atoms with van der Waals surface area (Å²) in [6.45, 7) is 6.76. The molecule has 21 heavy (non-hydrogen) atoms. The third-order valence-electron chi connectivity index (χ3n) is 4.35. The van der Waals surface area contributed by atoms with Gasteiger partial charge in [0, 0.05) is 31.7 Å². The van der Waals surface area contributed by atoms with Crippen LogP contribution >= 0.6 is 0 Å². The molecule has 7 heteroatoms. The zero-order valence-electron chi connectivity index (χ0n) is 12.5. The number of hydrogen-bond acceptors (Lipinski definition) is 5. The van der Waals surface area contributed by atoms with Crippen molar-refractivity contribution in [2.45, 2.75) is 25.9 Å². The van der Waals surface area contributed by atoms with Crippen LogP contribution in [0.1, 0.15) is 30.4 Å². The summed E-state index contributed by atoms with van der Waals surface area (Å²) in [6.07, 6.45) is 0. The Morgan fingerprint density at radius 2 is 2.43 bits per heavy atom. The Balaban J connectivity index is 1.93. The number of anilines is 1. The monoisotopic (exact) mass is 294 g/mol. The van der Waals surface area contributed by atoms with Crippen LogP contribution in [-0.2, 0) is 4.74 Å². The van der Waals surface area contributed by atoms with E-state index in [1.165, 1.54) is 0 Å². The third kappa shape index (κ3) is 2.51. The molecule has 116 valence electrons. The lowest BCUT2D eigenvalue weighted by atomic mass is 10.0. The quantitative estimate of drug-likeness (QED) is 0.821. The second-order valence-electron chi connectivity index (χ2n) is 5.89. The average molecular weight is 294 g/mol. The highest BCUT2D eigenvalue weighted by Crippen LogP contribution is 2.27. The fourth-order valence-corrected chi connectivity index (χ4v) is 2.95. The minimum absolute atomic E-state index is 0.00667. The first-order valence-corrected chi connectivity index (χ1v) is 7.44. The van der Waals surface area contributed by atoms with Crippen LogP contribution in [-0.4, -0.2) is 59.7 Å². The summed E-state index contributed by atoms with van der Waals surface area (Å²) in [4.78, 5) is 14.2. The number of rotatable bonds is 3. The molecule has 0 aromatic carbocycles. The first-order chi connectivity index (χ1) is 10.1. The van der Waals surface area contributed by atoms with E-state index in [0.717, 1.165) is 12.4 Å². The van der Waals surface area contributed by atoms with E-state index in [1.807, 2.05) is 13.0 Å². The number of carbonyl (C=O) groups excluding carboxylic acids is 1. The van der Waals surface area contributed by atoms with Gasteiger partial charge in [-0.3, -0.25) is 9.48 Å². The number of aliphatic hydroxyl groups is 1. The summed E-state index contributed by atoms with van der Waals surface area (Å²) in [5.74, 6) is 0.753. The second-order valence-corrected chi connectivity index (χ2v) is 5.89. The van der Waals surface area contributed by atoms with Gasteiger partial charge in [-0.1, -0.05) is 6.92 Å². The summed E-state index contributed by atoms with van der Waals surface area (Å²) in [7, 11) is 0. The molecule has 2 aliphatic rings. The molecule has 0 bridgehead atoms. The zero-order chi connectivity index (χ0) is 15.0. The predicted octanol–water partition coefficient (Wildman–Crippen LogP) is 0.0211. The van der Waals surface area contributed by atoms with Gasteiger partial charge in [-0.15, -0.1) is 0 Å². The van der Waals surface area contributed by atoms with Crippen LogP contribution in [0.15, 0.2) is 6.07 Å². The number of nitrogens with zero attached hydrogens (tertiary/aromatic N) is 3. The number of hydrogen-bond donors (Lipinski definition) is 2. The van der Waals surface area contributed by atoms with Gasteiger partial charge in [-0.2, -0.15) is 5.10 Å². The van der Waals surface area contributed by atoms with E-state index in [4.69, 9.17) is 4.74 Å². The molecule has 0 saturated carbocycles. The van der Waals surface area contributed by atoms with E-state index in [9.17, 15) is 9.90 Å². The lowest BCUT2D eigenvalue weighted by Gasteiger charge is -2.33. The molecule has 3 heterocycles. The molecule has 1 unspecified atom stereocenters. The van der Waals surface area contributed by atoms with E-state index in [2.05, 4.69) is 22.2 Å². The molecule has 0 spiro atoms. The maximum atomic E-state index is 12.0. The van der Waals surface area contributed by atoms with Crippen LogP contribution in [0.3, 0.4) is 0 Å². The topological polar surface area (TPSA) is 79.6 Å². The zero-order valence-corrected chi connectivity index (χ0v) is 12.5.